The standard InChI is InChI=1S/C17H12ClN3O5S2/c18-10-3-4-13(21(25)26)12(8-10)15(22)19-5-6-20-16(23)14(28-17(20)24)9-11-2-1-7-27-11/h1-4,7-9H,5-6H2,(H,19,22). The molecule has 28 heavy (non-hydrogen) atoms. The van der Waals surface area contributed by atoms with Gasteiger partial charge in [-0.1, -0.05) is 17.7 Å². The molecule has 2 aromatic rings. The maximum atomic E-state index is 12.4. The summed E-state index contributed by atoms with van der Waals surface area (Å²) in [5.74, 6) is -1.15. The van der Waals surface area contributed by atoms with E-state index in [9.17, 15) is 24.5 Å². The summed E-state index contributed by atoms with van der Waals surface area (Å²) in [4.78, 5) is 49.3. The van der Waals surface area contributed by atoms with Gasteiger partial charge in [0.15, 0.2) is 0 Å². The lowest BCUT2D eigenvalue weighted by atomic mass is 10.1. The van der Waals surface area contributed by atoms with E-state index in [0.29, 0.717) is 4.91 Å². The van der Waals surface area contributed by atoms with Crippen LogP contribution in [0.5, 0.6) is 0 Å². The zero-order valence-electron chi connectivity index (χ0n) is 14.1. The van der Waals surface area contributed by atoms with Gasteiger partial charge < -0.3 is 5.32 Å². The van der Waals surface area contributed by atoms with Crippen molar-refractivity contribution < 1.29 is 19.3 Å². The number of halogens is 1. The minimum absolute atomic E-state index is 0.0488. The van der Waals surface area contributed by atoms with Gasteiger partial charge in [0.25, 0.3) is 22.7 Å². The SMILES string of the molecule is O=C(NCCN1C(=O)SC(=Cc2cccs2)C1=O)c1cc(Cl)ccc1[N+](=O)[O-]. The van der Waals surface area contributed by atoms with Crippen LogP contribution in [0.3, 0.4) is 0 Å². The second-order valence-electron chi connectivity index (χ2n) is 5.52. The monoisotopic (exact) mass is 437 g/mol. The zero-order valence-corrected chi connectivity index (χ0v) is 16.5. The molecule has 1 aliphatic heterocycles. The van der Waals surface area contributed by atoms with Crippen LogP contribution in [-0.4, -0.2) is 40.0 Å². The third kappa shape index (κ3) is 4.41. The molecule has 0 radical (unpaired) electrons. The minimum atomic E-state index is -0.713. The summed E-state index contributed by atoms with van der Waals surface area (Å²) >= 11 is 8.08. The Labute approximate surface area is 172 Å². The number of hydrogen-bond donors (Lipinski definition) is 1. The van der Waals surface area contributed by atoms with Crippen LogP contribution in [0.2, 0.25) is 5.02 Å². The van der Waals surface area contributed by atoms with Crippen molar-refractivity contribution in [2.45, 2.75) is 0 Å². The predicted octanol–water partition coefficient (Wildman–Crippen LogP) is 3.78. The van der Waals surface area contributed by atoms with Gasteiger partial charge in [0.05, 0.1) is 9.83 Å². The Morgan fingerprint density at radius 3 is 2.79 bits per heavy atom. The summed E-state index contributed by atoms with van der Waals surface area (Å²) in [5.41, 5.74) is -0.573. The van der Waals surface area contributed by atoms with Gasteiger partial charge >= 0.3 is 0 Å². The number of nitro benzene ring substituents is 1. The number of carbonyl (C=O) groups excluding carboxylic acids is 3. The molecule has 2 heterocycles. The van der Waals surface area contributed by atoms with Crippen LogP contribution >= 0.6 is 34.7 Å². The number of carbonyl (C=O) groups is 3. The highest BCUT2D eigenvalue weighted by Gasteiger charge is 2.34. The molecule has 0 unspecified atom stereocenters. The number of nitrogens with zero attached hydrogens (tertiary/aromatic N) is 2. The lowest BCUT2D eigenvalue weighted by molar-refractivity contribution is -0.385. The van der Waals surface area contributed by atoms with Crippen molar-refractivity contribution in [3.8, 4) is 0 Å². The summed E-state index contributed by atoms with van der Waals surface area (Å²) in [7, 11) is 0. The molecule has 1 aliphatic rings. The van der Waals surface area contributed by atoms with E-state index in [1.54, 1.807) is 6.08 Å². The molecular weight excluding hydrogens is 426 g/mol. The molecule has 0 aliphatic carbocycles. The Hall–Kier alpha value is -2.69. The first-order valence-electron chi connectivity index (χ1n) is 7.88. The molecule has 0 spiro atoms. The van der Waals surface area contributed by atoms with Crippen molar-refractivity contribution in [3.63, 3.8) is 0 Å². The topological polar surface area (TPSA) is 110 Å². The fourth-order valence-electron chi connectivity index (χ4n) is 2.42. The van der Waals surface area contributed by atoms with E-state index in [2.05, 4.69) is 5.32 Å². The van der Waals surface area contributed by atoms with E-state index in [1.165, 1.54) is 23.5 Å². The maximum absolute atomic E-state index is 12.4. The molecule has 0 bridgehead atoms. The van der Waals surface area contributed by atoms with Gasteiger partial charge in [0.1, 0.15) is 5.56 Å². The van der Waals surface area contributed by atoms with Gasteiger partial charge in [-0.05, 0) is 41.4 Å². The number of imide groups is 1. The number of rotatable bonds is 6. The van der Waals surface area contributed by atoms with Crippen molar-refractivity contribution in [1.82, 2.24) is 10.2 Å². The van der Waals surface area contributed by atoms with E-state index in [0.717, 1.165) is 27.6 Å². The molecule has 1 fully saturated rings. The minimum Gasteiger partial charge on any atom is -0.350 e. The zero-order chi connectivity index (χ0) is 20.3. The molecule has 1 saturated heterocycles. The normalized spacial score (nSPS) is 15.3. The highest BCUT2D eigenvalue weighted by molar-refractivity contribution is 8.18. The van der Waals surface area contributed by atoms with E-state index in [1.807, 2.05) is 17.5 Å². The number of thiophene rings is 1. The number of nitro groups is 1. The molecule has 0 saturated carbocycles. The number of thioether (sulfide) groups is 1. The molecule has 11 heteroatoms. The Bertz CT molecular complexity index is 991. The molecule has 3 amide bonds. The lowest BCUT2D eigenvalue weighted by Crippen LogP contribution is -2.37. The number of benzene rings is 1. The maximum Gasteiger partial charge on any atom is 0.293 e. The lowest BCUT2D eigenvalue weighted by Gasteiger charge is -2.13. The van der Waals surface area contributed by atoms with Gasteiger partial charge in [-0.2, -0.15) is 0 Å². The number of nitrogens with one attached hydrogen (secondary N) is 1. The molecular formula is C17H12ClN3O5S2. The van der Waals surface area contributed by atoms with Crippen molar-refractivity contribution in [3.05, 3.63) is 66.2 Å². The molecule has 1 N–H and O–H groups in total. The third-order valence-electron chi connectivity index (χ3n) is 3.71. The average Bonchev–Trinajstić information content (AvgIpc) is 3.25. The quantitative estimate of drug-likeness (QED) is 0.418. The fourth-order valence-corrected chi connectivity index (χ4v) is 4.18. The molecule has 0 atom stereocenters. The largest absolute Gasteiger partial charge is 0.350 e. The molecule has 1 aromatic carbocycles. The summed E-state index contributed by atoms with van der Waals surface area (Å²) in [5, 5.41) is 15.1. The van der Waals surface area contributed by atoms with Crippen molar-refractivity contribution in [2.75, 3.05) is 13.1 Å². The van der Waals surface area contributed by atoms with Gasteiger partial charge in [-0.15, -0.1) is 11.3 Å². The second-order valence-corrected chi connectivity index (χ2v) is 7.93. The average molecular weight is 438 g/mol. The van der Waals surface area contributed by atoms with Crippen molar-refractivity contribution >= 4 is 63.5 Å². The van der Waals surface area contributed by atoms with Crippen LogP contribution in [-0.2, 0) is 4.79 Å². The van der Waals surface area contributed by atoms with Gasteiger partial charge in [-0.3, -0.25) is 29.4 Å². The van der Waals surface area contributed by atoms with E-state index >= 15 is 0 Å². The molecule has 8 nitrogen and oxygen atoms in total. The highest BCUT2D eigenvalue weighted by atomic mass is 35.5. The van der Waals surface area contributed by atoms with E-state index in [4.69, 9.17) is 11.6 Å². The predicted molar refractivity (Wildman–Crippen MR) is 107 cm³/mol. The Morgan fingerprint density at radius 2 is 2.11 bits per heavy atom. The van der Waals surface area contributed by atoms with Crippen LogP contribution < -0.4 is 5.32 Å². The number of amides is 3. The first-order valence-corrected chi connectivity index (χ1v) is 9.95. The molecule has 3 rings (SSSR count). The van der Waals surface area contributed by atoms with Gasteiger partial charge in [0.2, 0.25) is 0 Å². The summed E-state index contributed by atoms with van der Waals surface area (Å²) < 4.78 is 0. The Morgan fingerprint density at radius 1 is 1.32 bits per heavy atom. The Kier molecular flexibility index (Phi) is 6.12. The van der Waals surface area contributed by atoms with Crippen LogP contribution in [0.1, 0.15) is 15.2 Å². The third-order valence-corrected chi connectivity index (χ3v) is 5.67. The van der Waals surface area contributed by atoms with Crippen LogP contribution in [0.4, 0.5) is 10.5 Å². The highest BCUT2D eigenvalue weighted by Crippen LogP contribution is 2.32. The summed E-state index contributed by atoms with van der Waals surface area (Å²) in [6, 6.07) is 7.32. The summed E-state index contributed by atoms with van der Waals surface area (Å²) in [6.07, 6.45) is 1.64. The van der Waals surface area contributed by atoms with Crippen LogP contribution in [0.25, 0.3) is 6.08 Å². The Balaban J connectivity index is 1.63. The van der Waals surface area contributed by atoms with Crippen LogP contribution in [0.15, 0.2) is 40.6 Å². The first-order chi connectivity index (χ1) is 13.4. The van der Waals surface area contributed by atoms with Crippen molar-refractivity contribution in [2.24, 2.45) is 0 Å². The van der Waals surface area contributed by atoms with E-state index < -0.39 is 22.0 Å². The summed E-state index contributed by atoms with van der Waals surface area (Å²) in [6.45, 7) is -0.0978. The number of hydrogen-bond acceptors (Lipinski definition) is 7. The fraction of sp³-hybridized carbons (Fsp3) is 0.118. The second kappa shape index (κ2) is 8.55. The molecule has 1 aromatic heterocycles. The van der Waals surface area contributed by atoms with Crippen LogP contribution in [0, 0.1) is 10.1 Å². The van der Waals surface area contributed by atoms with E-state index in [-0.39, 0.29) is 29.4 Å². The smallest absolute Gasteiger partial charge is 0.293 e. The molecule has 144 valence electrons. The van der Waals surface area contributed by atoms with Gasteiger partial charge in [0, 0.05) is 29.1 Å². The first kappa shape index (κ1) is 20.1. The van der Waals surface area contributed by atoms with Gasteiger partial charge in [-0.25, -0.2) is 0 Å². The van der Waals surface area contributed by atoms with Crippen molar-refractivity contribution in [1.29, 1.82) is 0 Å².